The topological polar surface area (TPSA) is 105 Å². The summed E-state index contributed by atoms with van der Waals surface area (Å²) in [6.07, 6.45) is -3.17. The van der Waals surface area contributed by atoms with Gasteiger partial charge in [-0.25, -0.2) is 23.1 Å². The van der Waals surface area contributed by atoms with Crippen LogP contribution >= 0.6 is 0 Å². The molecule has 0 aliphatic rings. The van der Waals surface area contributed by atoms with E-state index in [9.17, 15) is 21.6 Å². The molecule has 164 valence electrons. The first-order chi connectivity index (χ1) is 14.6. The zero-order chi connectivity index (χ0) is 22.6. The number of anilines is 4. The van der Waals surface area contributed by atoms with Gasteiger partial charge in [0.1, 0.15) is 23.7 Å². The van der Waals surface area contributed by atoms with E-state index in [-0.39, 0.29) is 4.90 Å². The lowest BCUT2D eigenvalue weighted by Crippen LogP contribution is -2.18. The number of hydrogen-bond donors (Lipinski definition) is 3. The number of hydrogen-bond acceptors (Lipinski definition) is 7. The molecule has 12 heteroatoms. The third-order valence-electron chi connectivity index (χ3n) is 4.16. The molecule has 0 aliphatic heterocycles. The maximum Gasteiger partial charge on any atom is 0.416 e. The van der Waals surface area contributed by atoms with Gasteiger partial charge in [0.2, 0.25) is 10.0 Å². The highest BCUT2D eigenvalue weighted by atomic mass is 32.2. The van der Waals surface area contributed by atoms with E-state index in [1.165, 1.54) is 56.9 Å². The molecule has 0 radical (unpaired) electrons. The van der Waals surface area contributed by atoms with Gasteiger partial charge in [-0.3, -0.25) is 0 Å². The third-order valence-corrected chi connectivity index (χ3v) is 5.58. The molecule has 2 aromatic carbocycles. The van der Waals surface area contributed by atoms with Gasteiger partial charge in [-0.15, -0.1) is 0 Å². The summed E-state index contributed by atoms with van der Waals surface area (Å²) < 4.78 is 69.7. The molecule has 0 fully saturated rings. The molecule has 3 aromatic rings. The number of alkyl halides is 3. The smallest absolute Gasteiger partial charge is 0.416 e. The first-order valence-electron chi connectivity index (χ1n) is 8.77. The van der Waals surface area contributed by atoms with E-state index in [2.05, 4.69) is 25.3 Å². The molecular weight excluding hydrogens is 435 g/mol. The van der Waals surface area contributed by atoms with Crippen molar-refractivity contribution in [2.75, 3.05) is 24.8 Å². The van der Waals surface area contributed by atoms with Crippen molar-refractivity contribution >= 4 is 33.0 Å². The molecule has 1 heterocycles. The monoisotopic (exact) mass is 453 g/mol. The lowest BCUT2D eigenvalue weighted by molar-refractivity contribution is -0.137. The molecule has 31 heavy (non-hydrogen) atoms. The van der Waals surface area contributed by atoms with Crippen molar-refractivity contribution in [2.45, 2.75) is 11.1 Å². The van der Waals surface area contributed by atoms with Crippen molar-refractivity contribution in [3.05, 3.63) is 60.4 Å². The van der Waals surface area contributed by atoms with Gasteiger partial charge in [0.15, 0.2) is 0 Å². The van der Waals surface area contributed by atoms with E-state index in [1.54, 1.807) is 0 Å². The average Bonchev–Trinajstić information content (AvgIpc) is 2.73. The highest BCUT2D eigenvalue weighted by Gasteiger charge is 2.29. The molecule has 0 unspecified atom stereocenters. The zero-order valence-corrected chi connectivity index (χ0v) is 17.2. The normalized spacial score (nSPS) is 11.8. The summed E-state index contributed by atoms with van der Waals surface area (Å²) in [6, 6.07) is 10.3. The van der Waals surface area contributed by atoms with E-state index >= 15 is 0 Å². The highest BCUT2D eigenvalue weighted by Crippen LogP contribution is 2.32. The molecule has 1 aromatic heterocycles. The number of aromatic nitrogens is 2. The van der Waals surface area contributed by atoms with Crippen LogP contribution in [0.3, 0.4) is 0 Å². The summed E-state index contributed by atoms with van der Waals surface area (Å²) in [4.78, 5) is 8.14. The van der Waals surface area contributed by atoms with Crippen LogP contribution in [0.4, 0.5) is 36.2 Å². The van der Waals surface area contributed by atoms with E-state index < -0.39 is 21.8 Å². The Kier molecular flexibility index (Phi) is 6.32. The summed E-state index contributed by atoms with van der Waals surface area (Å²) >= 11 is 0. The van der Waals surface area contributed by atoms with E-state index in [1.807, 2.05) is 0 Å². The van der Waals surface area contributed by atoms with Gasteiger partial charge in [-0.1, -0.05) is 0 Å². The van der Waals surface area contributed by atoms with Crippen LogP contribution in [0.25, 0.3) is 0 Å². The second-order valence-corrected chi connectivity index (χ2v) is 8.07. The summed E-state index contributed by atoms with van der Waals surface area (Å²) in [5, 5.41) is 5.84. The number of nitrogens with zero attached hydrogens (tertiary/aromatic N) is 2. The second kappa shape index (κ2) is 8.78. The minimum atomic E-state index is -4.42. The molecule has 3 rings (SSSR count). The maximum absolute atomic E-state index is 12.7. The number of sulfonamides is 1. The lowest BCUT2D eigenvalue weighted by atomic mass is 10.2. The van der Waals surface area contributed by atoms with Gasteiger partial charge >= 0.3 is 6.18 Å². The zero-order valence-electron chi connectivity index (χ0n) is 16.4. The minimum absolute atomic E-state index is 0.0236. The van der Waals surface area contributed by atoms with Gasteiger partial charge in [-0.05, 0) is 49.5 Å². The van der Waals surface area contributed by atoms with Crippen molar-refractivity contribution in [2.24, 2.45) is 0 Å². The Morgan fingerprint density at radius 3 is 2.16 bits per heavy atom. The van der Waals surface area contributed by atoms with Crippen LogP contribution in [-0.4, -0.2) is 32.5 Å². The van der Waals surface area contributed by atoms with Gasteiger partial charge < -0.3 is 15.4 Å². The van der Waals surface area contributed by atoms with Crippen LogP contribution in [0.2, 0.25) is 0 Å². The molecule has 0 saturated carbocycles. The quantitative estimate of drug-likeness (QED) is 0.498. The Morgan fingerprint density at radius 2 is 1.58 bits per heavy atom. The van der Waals surface area contributed by atoms with Crippen LogP contribution in [0.1, 0.15) is 5.56 Å². The second-order valence-electron chi connectivity index (χ2n) is 6.18. The fourth-order valence-corrected chi connectivity index (χ4v) is 3.35. The van der Waals surface area contributed by atoms with Crippen LogP contribution in [0.15, 0.2) is 59.8 Å². The molecule has 0 spiro atoms. The fraction of sp³-hybridized carbons (Fsp3) is 0.158. The Labute approximate surface area is 176 Å². The summed E-state index contributed by atoms with van der Waals surface area (Å²) in [5.41, 5.74) is -0.0121. The summed E-state index contributed by atoms with van der Waals surface area (Å²) in [7, 11) is -0.935. The van der Waals surface area contributed by atoms with Crippen molar-refractivity contribution in [1.82, 2.24) is 14.7 Å². The lowest BCUT2D eigenvalue weighted by Gasteiger charge is -2.13. The molecule has 0 aliphatic carbocycles. The SMILES string of the molecule is CNS(=O)(=O)c1ccc(OC)c(Nc2cc(Nc3ccc(C(F)(F)F)cc3)ncn2)c1. The van der Waals surface area contributed by atoms with Crippen LogP contribution in [-0.2, 0) is 16.2 Å². The van der Waals surface area contributed by atoms with Crippen LogP contribution in [0.5, 0.6) is 5.75 Å². The predicted octanol–water partition coefficient (Wildman–Crippen LogP) is 3.90. The van der Waals surface area contributed by atoms with Crippen LogP contribution < -0.4 is 20.1 Å². The Bertz CT molecular complexity index is 1170. The van der Waals surface area contributed by atoms with Gasteiger partial charge in [0.05, 0.1) is 23.3 Å². The number of halogens is 3. The summed E-state index contributed by atoms with van der Waals surface area (Å²) in [6.45, 7) is 0. The van der Waals surface area contributed by atoms with E-state index in [0.717, 1.165) is 12.1 Å². The van der Waals surface area contributed by atoms with Crippen molar-refractivity contribution < 1.29 is 26.3 Å². The Morgan fingerprint density at radius 1 is 0.935 bits per heavy atom. The maximum atomic E-state index is 12.7. The average molecular weight is 453 g/mol. The van der Waals surface area contributed by atoms with Crippen molar-refractivity contribution in [1.29, 1.82) is 0 Å². The highest BCUT2D eigenvalue weighted by molar-refractivity contribution is 7.89. The summed E-state index contributed by atoms with van der Waals surface area (Å²) in [5.74, 6) is 1.00. The van der Waals surface area contributed by atoms with E-state index in [4.69, 9.17) is 4.74 Å². The first kappa shape index (κ1) is 22.3. The predicted molar refractivity (Wildman–Crippen MR) is 109 cm³/mol. The standard InChI is InChI=1S/C19H18F3N5O3S/c1-23-31(28,29)14-7-8-16(30-2)15(9-14)27-18-10-17(24-11-25-18)26-13-5-3-12(4-6-13)19(20,21)22/h3-11,23H,1-2H3,(H2,24,25,26,27). The number of methoxy groups -OCH3 is 1. The van der Waals surface area contributed by atoms with Crippen LogP contribution in [0, 0.1) is 0 Å². The van der Waals surface area contributed by atoms with Gasteiger partial charge in [0.25, 0.3) is 0 Å². The van der Waals surface area contributed by atoms with Crippen molar-refractivity contribution in [3.63, 3.8) is 0 Å². The molecule has 0 amide bonds. The number of nitrogens with one attached hydrogen (secondary N) is 3. The molecular formula is C19H18F3N5O3S. The minimum Gasteiger partial charge on any atom is -0.495 e. The number of rotatable bonds is 7. The molecule has 0 atom stereocenters. The molecule has 3 N–H and O–H groups in total. The van der Waals surface area contributed by atoms with Gasteiger partial charge in [-0.2, -0.15) is 13.2 Å². The number of benzene rings is 2. The fourth-order valence-electron chi connectivity index (χ4n) is 2.59. The Balaban J connectivity index is 1.83. The molecule has 8 nitrogen and oxygen atoms in total. The molecule has 0 bridgehead atoms. The van der Waals surface area contributed by atoms with Gasteiger partial charge in [0, 0.05) is 11.8 Å². The third kappa shape index (κ3) is 5.41. The van der Waals surface area contributed by atoms with E-state index in [0.29, 0.717) is 28.8 Å². The number of ether oxygens (including phenoxy) is 1. The largest absolute Gasteiger partial charge is 0.495 e. The Hall–Kier alpha value is -3.38. The van der Waals surface area contributed by atoms with Crippen molar-refractivity contribution in [3.8, 4) is 5.75 Å². The molecule has 0 saturated heterocycles. The first-order valence-corrected chi connectivity index (χ1v) is 10.3.